The molecule has 2 rings (SSSR count). The van der Waals surface area contributed by atoms with Crippen LogP contribution in [0.1, 0.15) is 16.1 Å². The lowest BCUT2D eigenvalue weighted by Gasteiger charge is -2.15. The smallest absolute Gasteiger partial charge is 0.176 e. The Balaban J connectivity index is 1.98. The lowest BCUT2D eigenvalue weighted by Crippen LogP contribution is -2.26. The molecule has 0 N–H and O–H groups in total. The van der Waals surface area contributed by atoms with Crippen LogP contribution in [0.2, 0.25) is 10.0 Å². The maximum absolute atomic E-state index is 12.1. The van der Waals surface area contributed by atoms with Gasteiger partial charge in [-0.1, -0.05) is 29.3 Å². The molecule has 1 heterocycles. The van der Waals surface area contributed by atoms with Crippen molar-refractivity contribution in [3.05, 3.63) is 63.9 Å². The fourth-order valence-corrected chi connectivity index (χ4v) is 2.13. The van der Waals surface area contributed by atoms with Crippen LogP contribution in [0.25, 0.3) is 0 Å². The second-order valence-electron chi connectivity index (χ2n) is 4.55. The van der Waals surface area contributed by atoms with Gasteiger partial charge in [0.05, 0.1) is 22.3 Å². The average molecular weight is 309 g/mol. The molecule has 0 saturated heterocycles. The van der Waals surface area contributed by atoms with Gasteiger partial charge in [-0.25, -0.2) is 0 Å². The molecule has 0 aliphatic rings. The van der Waals surface area contributed by atoms with Gasteiger partial charge in [-0.15, -0.1) is 0 Å². The molecule has 104 valence electrons. The van der Waals surface area contributed by atoms with Crippen molar-refractivity contribution >= 4 is 29.0 Å². The summed E-state index contributed by atoms with van der Waals surface area (Å²) >= 11 is 11.8. The summed E-state index contributed by atoms with van der Waals surface area (Å²) in [5.74, 6) is 0.00185. The van der Waals surface area contributed by atoms with E-state index in [0.29, 0.717) is 28.7 Å². The predicted molar refractivity (Wildman–Crippen MR) is 81.4 cm³/mol. The molecule has 2 aromatic rings. The number of rotatable bonds is 5. The summed E-state index contributed by atoms with van der Waals surface area (Å²) in [4.78, 5) is 18.3. The minimum Gasteiger partial charge on any atom is -0.293 e. The minimum absolute atomic E-state index is 0.00185. The standard InChI is InChI=1S/C15H14Cl2N2O/c1-19(9-12-4-2-3-7-18-12)10-15(20)11-5-6-13(16)14(17)8-11/h2-8H,9-10H2,1H3. The van der Waals surface area contributed by atoms with Crippen LogP contribution in [-0.4, -0.2) is 29.3 Å². The third kappa shape index (κ3) is 4.04. The van der Waals surface area contributed by atoms with Gasteiger partial charge in [0.15, 0.2) is 5.78 Å². The van der Waals surface area contributed by atoms with E-state index in [1.165, 1.54) is 0 Å². The van der Waals surface area contributed by atoms with E-state index in [1.54, 1.807) is 24.4 Å². The number of halogens is 2. The highest BCUT2D eigenvalue weighted by Crippen LogP contribution is 2.22. The Kier molecular flexibility index (Phi) is 5.12. The predicted octanol–water partition coefficient (Wildman–Crippen LogP) is 3.70. The molecule has 1 aromatic heterocycles. The highest BCUT2D eigenvalue weighted by molar-refractivity contribution is 6.42. The summed E-state index contributed by atoms with van der Waals surface area (Å²) in [5, 5.41) is 0.843. The topological polar surface area (TPSA) is 33.2 Å². The zero-order valence-electron chi connectivity index (χ0n) is 11.0. The van der Waals surface area contributed by atoms with E-state index in [2.05, 4.69) is 4.98 Å². The quantitative estimate of drug-likeness (QED) is 0.790. The summed E-state index contributed by atoms with van der Waals surface area (Å²) in [6.45, 7) is 0.919. The Hall–Kier alpha value is -1.42. The Bertz CT molecular complexity index is 602. The second kappa shape index (κ2) is 6.84. The minimum atomic E-state index is 0.00185. The number of Topliss-reactive ketones (excluding diaryl/α,β-unsaturated/α-hetero) is 1. The Labute approximate surface area is 128 Å². The molecule has 0 unspecified atom stereocenters. The molecule has 0 spiro atoms. The molecule has 0 atom stereocenters. The van der Waals surface area contributed by atoms with Crippen molar-refractivity contribution in [2.45, 2.75) is 6.54 Å². The van der Waals surface area contributed by atoms with Crippen LogP contribution in [0.3, 0.4) is 0 Å². The number of aromatic nitrogens is 1. The number of pyridine rings is 1. The van der Waals surface area contributed by atoms with E-state index < -0.39 is 0 Å². The first-order valence-electron chi connectivity index (χ1n) is 6.13. The largest absolute Gasteiger partial charge is 0.293 e. The van der Waals surface area contributed by atoms with Crippen LogP contribution in [0.15, 0.2) is 42.6 Å². The first-order chi connectivity index (χ1) is 9.56. The number of nitrogens with zero attached hydrogens (tertiary/aromatic N) is 2. The van der Waals surface area contributed by atoms with Gasteiger partial charge >= 0.3 is 0 Å². The van der Waals surface area contributed by atoms with Crippen molar-refractivity contribution < 1.29 is 4.79 Å². The Morgan fingerprint density at radius 2 is 2.00 bits per heavy atom. The number of likely N-dealkylation sites (N-methyl/N-ethyl adjacent to an activating group) is 1. The third-order valence-electron chi connectivity index (χ3n) is 2.81. The van der Waals surface area contributed by atoms with E-state index >= 15 is 0 Å². The molecule has 0 fully saturated rings. The van der Waals surface area contributed by atoms with E-state index in [1.807, 2.05) is 30.1 Å². The second-order valence-corrected chi connectivity index (χ2v) is 5.36. The monoisotopic (exact) mass is 308 g/mol. The van der Waals surface area contributed by atoms with Gasteiger partial charge in [0, 0.05) is 18.3 Å². The molecule has 0 aliphatic carbocycles. The number of carbonyl (C=O) groups is 1. The lowest BCUT2D eigenvalue weighted by atomic mass is 10.1. The maximum Gasteiger partial charge on any atom is 0.176 e. The molecule has 5 heteroatoms. The van der Waals surface area contributed by atoms with Gasteiger partial charge in [-0.3, -0.25) is 14.7 Å². The molecule has 1 aromatic carbocycles. The van der Waals surface area contributed by atoms with E-state index in [4.69, 9.17) is 23.2 Å². The average Bonchev–Trinajstić information content (AvgIpc) is 2.42. The summed E-state index contributed by atoms with van der Waals surface area (Å²) in [5.41, 5.74) is 1.49. The zero-order valence-corrected chi connectivity index (χ0v) is 12.5. The zero-order chi connectivity index (χ0) is 14.5. The molecular formula is C15H14Cl2N2O. The molecule has 3 nitrogen and oxygen atoms in total. The van der Waals surface area contributed by atoms with Gasteiger partial charge in [0.1, 0.15) is 0 Å². The van der Waals surface area contributed by atoms with Crippen molar-refractivity contribution in [3.8, 4) is 0 Å². The maximum atomic E-state index is 12.1. The SMILES string of the molecule is CN(CC(=O)c1ccc(Cl)c(Cl)c1)Cc1ccccn1. The first-order valence-corrected chi connectivity index (χ1v) is 6.88. The lowest BCUT2D eigenvalue weighted by molar-refractivity contribution is 0.0942. The summed E-state index contributed by atoms with van der Waals surface area (Å²) in [6, 6.07) is 10.6. The highest BCUT2D eigenvalue weighted by atomic mass is 35.5. The third-order valence-corrected chi connectivity index (χ3v) is 3.55. The number of hydrogen-bond acceptors (Lipinski definition) is 3. The van der Waals surface area contributed by atoms with Crippen molar-refractivity contribution in [1.29, 1.82) is 0 Å². The molecular weight excluding hydrogens is 295 g/mol. The van der Waals surface area contributed by atoms with E-state index in [-0.39, 0.29) is 5.78 Å². The molecule has 0 bridgehead atoms. The summed E-state index contributed by atoms with van der Waals surface area (Å²) < 4.78 is 0. The number of benzene rings is 1. The highest BCUT2D eigenvalue weighted by Gasteiger charge is 2.11. The van der Waals surface area contributed by atoms with Crippen LogP contribution < -0.4 is 0 Å². The number of carbonyl (C=O) groups excluding carboxylic acids is 1. The number of ketones is 1. The van der Waals surface area contributed by atoms with Crippen molar-refractivity contribution in [2.24, 2.45) is 0 Å². The van der Waals surface area contributed by atoms with E-state index in [9.17, 15) is 4.79 Å². The van der Waals surface area contributed by atoms with Crippen molar-refractivity contribution in [2.75, 3.05) is 13.6 Å². The van der Waals surface area contributed by atoms with Gasteiger partial charge in [-0.05, 0) is 37.4 Å². The van der Waals surface area contributed by atoms with Gasteiger partial charge < -0.3 is 0 Å². The van der Waals surface area contributed by atoms with Gasteiger partial charge in [-0.2, -0.15) is 0 Å². The van der Waals surface area contributed by atoms with Crippen molar-refractivity contribution in [1.82, 2.24) is 9.88 Å². The molecule has 20 heavy (non-hydrogen) atoms. The first kappa shape index (κ1) is 15.0. The van der Waals surface area contributed by atoms with Crippen LogP contribution in [0.4, 0.5) is 0 Å². The molecule has 0 aliphatic heterocycles. The Morgan fingerprint density at radius 3 is 2.65 bits per heavy atom. The van der Waals surface area contributed by atoms with Crippen LogP contribution >= 0.6 is 23.2 Å². The van der Waals surface area contributed by atoms with Crippen molar-refractivity contribution in [3.63, 3.8) is 0 Å². The fourth-order valence-electron chi connectivity index (χ4n) is 1.83. The Morgan fingerprint density at radius 1 is 1.20 bits per heavy atom. The molecule has 0 amide bonds. The van der Waals surface area contributed by atoms with Gasteiger partial charge in [0.2, 0.25) is 0 Å². The van der Waals surface area contributed by atoms with E-state index in [0.717, 1.165) is 5.69 Å². The normalized spacial score (nSPS) is 10.8. The van der Waals surface area contributed by atoms with Crippen LogP contribution in [-0.2, 0) is 6.54 Å². The summed E-state index contributed by atoms with van der Waals surface area (Å²) in [6.07, 6.45) is 1.74. The summed E-state index contributed by atoms with van der Waals surface area (Å²) in [7, 11) is 1.88. The van der Waals surface area contributed by atoms with Gasteiger partial charge in [0.25, 0.3) is 0 Å². The fraction of sp³-hybridized carbons (Fsp3) is 0.200. The van der Waals surface area contributed by atoms with Crippen LogP contribution in [0, 0.1) is 0 Å². The van der Waals surface area contributed by atoms with Crippen LogP contribution in [0.5, 0.6) is 0 Å². The molecule has 0 saturated carbocycles. The number of hydrogen-bond donors (Lipinski definition) is 0. The molecule has 0 radical (unpaired) electrons.